The minimum atomic E-state index is -3.76. The van der Waals surface area contributed by atoms with E-state index in [0.717, 1.165) is 10.6 Å². The SMILES string of the molecule is CCC(C(=O)Nc1ccc(OC)cc1)N(c1ccc(OC)c(Cl)c1)S(C)(=O)=O. The van der Waals surface area contributed by atoms with E-state index in [9.17, 15) is 13.2 Å². The van der Waals surface area contributed by atoms with Crippen molar-refractivity contribution < 1.29 is 22.7 Å². The van der Waals surface area contributed by atoms with E-state index >= 15 is 0 Å². The number of amides is 1. The molecule has 0 saturated heterocycles. The number of nitrogens with zero attached hydrogens (tertiary/aromatic N) is 1. The lowest BCUT2D eigenvalue weighted by Gasteiger charge is -2.30. The van der Waals surface area contributed by atoms with Gasteiger partial charge < -0.3 is 14.8 Å². The molecule has 9 heteroatoms. The fraction of sp³-hybridized carbons (Fsp3) is 0.316. The quantitative estimate of drug-likeness (QED) is 0.697. The molecular weight excluding hydrogens is 404 g/mol. The number of nitrogens with one attached hydrogen (secondary N) is 1. The third-order valence-electron chi connectivity index (χ3n) is 4.08. The van der Waals surface area contributed by atoms with Crippen LogP contribution in [-0.4, -0.2) is 40.8 Å². The molecule has 0 bridgehead atoms. The summed E-state index contributed by atoms with van der Waals surface area (Å²) >= 11 is 6.15. The highest BCUT2D eigenvalue weighted by Gasteiger charge is 2.32. The van der Waals surface area contributed by atoms with Crippen molar-refractivity contribution in [2.45, 2.75) is 19.4 Å². The molecule has 0 radical (unpaired) electrons. The summed E-state index contributed by atoms with van der Waals surface area (Å²) in [7, 11) is -0.750. The number of sulfonamides is 1. The van der Waals surface area contributed by atoms with Crippen LogP contribution in [0.5, 0.6) is 11.5 Å². The average molecular weight is 427 g/mol. The van der Waals surface area contributed by atoms with Gasteiger partial charge >= 0.3 is 0 Å². The lowest BCUT2D eigenvalue weighted by molar-refractivity contribution is -0.117. The van der Waals surface area contributed by atoms with Crippen molar-refractivity contribution in [2.24, 2.45) is 0 Å². The van der Waals surface area contributed by atoms with Crippen LogP contribution in [0.4, 0.5) is 11.4 Å². The second kappa shape index (κ2) is 9.16. The molecule has 1 atom stereocenters. The van der Waals surface area contributed by atoms with E-state index in [-0.39, 0.29) is 17.1 Å². The van der Waals surface area contributed by atoms with Crippen molar-refractivity contribution in [1.82, 2.24) is 0 Å². The predicted molar refractivity (Wildman–Crippen MR) is 111 cm³/mol. The maximum atomic E-state index is 12.9. The number of anilines is 2. The molecule has 0 aliphatic rings. The van der Waals surface area contributed by atoms with Crippen LogP contribution in [0.15, 0.2) is 42.5 Å². The lowest BCUT2D eigenvalue weighted by Crippen LogP contribution is -2.47. The van der Waals surface area contributed by atoms with Crippen LogP contribution in [0.25, 0.3) is 0 Å². The maximum absolute atomic E-state index is 12.9. The van der Waals surface area contributed by atoms with Crippen LogP contribution < -0.4 is 19.1 Å². The number of carbonyl (C=O) groups excluding carboxylic acids is 1. The molecular formula is C19H23ClN2O5S. The van der Waals surface area contributed by atoms with Gasteiger partial charge in [0.25, 0.3) is 0 Å². The minimum absolute atomic E-state index is 0.249. The second-order valence-electron chi connectivity index (χ2n) is 6.02. The Labute approximate surface area is 170 Å². The summed E-state index contributed by atoms with van der Waals surface area (Å²) in [6.07, 6.45) is 1.31. The molecule has 152 valence electrons. The normalized spacial score (nSPS) is 12.2. The average Bonchev–Trinajstić information content (AvgIpc) is 2.65. The Kier molecular flexibility index (Phi) is 7.15. The van der Waals surface area contributed by atoms with E-state index in [1.165, 1.54) is 13.2 Å². The van der Waals surface area contributed by atoms with E-state index in [2.05, 4.69) is 5.32 Å². The molecule has 0 saturated carbocycles. The lowest BCUT2D eigenvalue weighted by atomic mass is 10.1. The van der Waals surface area contributed by atoms with E-state index in [1.807, 2.05) is 0 Å². The third-order valence-corrected chi connectivity index (χ3v) is 5.55. The summed E-state index contributed by atoms with van der Waals surface area (Å²) in [5.41, 5.74) is 0.815. The summed E-state index contributed by atoms with van der Waals surface area (Å²) in [6.45, 7) is 1.74. The van der Waals surface area contributed by atoms with Crippen LogP contribution in [0, 0.1) is 0 Å². The van der Waals surface area contributed by atoms with Gasteiger partial charge in [-0.1, -0.05) is 18.5 Å². The van der Waals surface area contributed by atoms with Crippen LogP contribution in [0.2, 0.25) is 5.02 Å². The van der Waals surface area contributed by atoms with Gasteiger partial charge in [0.05, 0.1) is 31.2 Å². The molecule has 0 aromatic heterocycles. The molecule has 2 aromatic rings. The van der Waals surface area contributed by atoms with Gasteiger partial charge in [-0.05, 0) is 48.9 Å². The van der Waals surface area contributed by atoms with Crippen molar-refractivity contribution in [3.05, 3.63) is 47.5 Å². The van der Waals surface area contributed by atoms with Crippen molar-refractivity contribution in [3.63, 3.8) is 0 Å². The number of hydrogen-bond acceptors (Lipinski definition) is 5. The standard InChI is InChI=1S/C19H23ClN2O5S/c1-5-17(19(23)21-13-6-9-15(26-2)10-7-13)22(28(4,24)25)14-8-11-18(27-3)16(20)12-14/h6-12,17H,5H2,1-4H3,(H,21,23). The Balaban J connectivity index is 2.36. The first-order valence-electron chi connectivity index (χ1n) is 8.49. The molecule has 7 nitrogen and oxygen atoms in total. The van der Waals surface area contributed by atoms with Crippen LogP contribution in [0.3, 0.4) is 0 Å². The van der Waals surface area contributed by atoms with Crippen molar-refractivity contribution in [3.8, 4) is 11.5 Å². The van der Waals surface area contributed by atoms with Gasteiger partial charge in [-0.2, -0.15) is 0 Å². The molecule has 28 heavy (non-hydrogen) atoms. The van der Waals surface area contributed by atoms with Crippen LogP contribution >= 0.6 is 11.6 Å². The van der Waals surface area contributed by atoms with Crippen molar-refractivity contribution in [1.29, 1.82) is 0 Å². The molecule has 1 N–H and O–H groups in total. The molecule has 2 rings (SSSR count). The topological polar surface area (TPSA) is 84.9 Å². The Morgan fingerprint density at radius 1 is 1.14 bits per heavy atom. The van der Waals surface area contributed by atoms with Gasteiger partial charge in [0, 0.05) is 5.69 Å². The first-order valence-corrected chi connectivity index (χ1v) is 10.7. The Morgan fingerprint density at radius 3 is 2.25 bits per heavy atom. The summed E-state index contributed by atoms with van der Waals surface area (Å²) in [5.74, 6) is 0.607. The first-order chi connectivity index (χ1) is 13.2. The molecule has 1 unspecified atom stereocenters. The van der Waals surface area contributed by atoms with Gasteiger partial charge in [0.1, 0.15) is 17.5 Å². The first kappa shape index (κ1) is 21.8. The van der Waals surface area contributed by atoms with Gasteiger partial charge in [0.15, 0.2) is 0 Å². The molecule has 0 spiro atoms. The number of methoxy groups -OCH3 is 2. The smallest absolute Gasteiger partial charge is 0.248 e. The second-order valence-corrected chi connectivity index (χ2v) is 8.29. The largest absolute Gasteiger partial charge is 0.497 e. The predicted octanol–water partition coefficient (Wildman–Crippen LogP) is 3.54. The zero-order valence-electron chi connectivity index (χ0n) is 16.1. The molecule has 0 heterocycles. The summed E-state index contributed by atoms with van der Waals surface area (Å²) in [5, 5.41) is 2.99. The van der Waals surface area contributed by atoms with E-state index in [0.29, 0.717) is 17.2 Å². The summed E-state index contributed by atoms with van der Waals surface area (Å²) < 4.78 is 36.3. The van der Waals surface area contributed by atoms with Gasteiger partial charge in [0.2, 0.25) is 15.9 Å². The fourth-order valence-electron chi connectivity index (χ4n) is 2.75. The number of ether oxygens (including phenoxy) is 2. The zero-order chi connectivity index (χ0) is 20.9. The van der Waals surface area contributed by atoms with Crippen molar-refractivity contribution >= 4 is 38.9 Å². The third kappa shape index (κ3) is 5.08. The fourth-order valence-corrected chi connectivity index (χ4v) is 4.21. The van der Waals surface area contributed by atoms with E-state index in [1.54, 1.807) is 50.4 Å². The highest BCUT2D eigenvalue weighted by atomic mass is 35.5. The van der Waals surface area contributed by atoms with Crippen LogP contribution in [-0.2, 0) is 14.8 Å². The molecule has 0 aliphatic heterocycles. The van der Waals surface area contributed by atoms with Gasteiger partial charge in [-0.15, -0.1) is 0 Å². The Hall–Kier alpha value is -2.45. The van der Waals surface area contributed by atoms with Gasteiger partial charge in [-0.25, -0.2) is 8.42 Å². The van der Waals surface area contributed by atoms with E-state index in [4.69, 9.17) is 21.1 Å². The number of rotatable bonds is 8. The van der Waals surface area contributed by atoms with Crippen LogP contribution in [0.1, 0.15) is 13.3 Å². The Bertz CT molecular complexity index is 932. The van der Waals surface area contributed by atoms with Gasteiger partial charge in [-0.3, -0.25) is 9.10 Å². The number of carbonyl (C=O) groups is 1. The maximum Gasteiger partial charge on any atom is 0.248 e. The highest BCUT2D eigenvalue weighted by Crippen LogP contribution is 2.32. The summed E-state index contributed by atoms with van der Waals surface area (Å²) in [4.78, 5) is 12.9. The monoisotopic (exact) mass is 426 g/mol. The Morgan fingerprint density at radius 2 is 1.79 bits per heavy atom. The molecule has 2 aromatic carbocycles. The molecule has 1 amide bonds. The number of hydrogen-bond donors (Lipinski definition) is 1. The minimum Gasteiger partial charge on any atom is -0.497 e. The molecule has 0 aliphatic carbocycles. The molecule has 0 fully saturated rings. The van der Waals surface area contributed by atoms with Crippen molar-refractivity contribution in [2.75, 3.05) is 30.1 Å². The number of benzene rings is 2. The number of halogens is 1. The van der Waals surface area contributed by atoms with E-state index < -0.39 is 22.0 Å². The highest BCUT2D eigenvalue weighted by molar-refractivity contribution is 7.92. The zero-order valence-corrected chi connectivity index (χ0v) is 17.7. The summed E-state index contributed by atoms with van der Waals surface area (Å²) in [6, 6.07) is 10.4.